The molecule has 1 unspecified atom stereocenters. The van der Waals surface area contributed by atoms with Gasteiger partial charge < -0.3 is 5.32 Å². The van der Waals surface area contributed by atoms with Crippen LogP contribution in [0.4, 0.5) is 0 Å². The topological polar surface area (TPSA) is 63.1 Å². The quantitative estimate of drug-likeness (QED) is 0.632. The summed E-state index contributed by atoms with van der Waals surface area (Å²) in [5.41, 5.74) is 5.86. The third-order valence-corrected chi connectivity index (χ3v) is 6.92. The van der Waals surface area contributed by atoms with Crippen LogP contribution in [0.1, 0.15) is 71.4 Å². The van der Waals surface area contributed by atoms with Gasteiger partial charge >= 0.3 is 0 Å². The molecular formula is C26H33N5O. The molecule has 1 aliphatic carbocycles. The summed E-state index contributed by atoms with van der Waals surface area (Å²) < 4.78 is 1.79. The summed E-state index contributed by atoms with van der Waals surface area (Å²) in [7, 11) is 1.90. The highest BCUT2D eigenvalue weighted by Crippen LogP contribution is 2.40. The van der Waals surface area contributed by atoms with Crippen LogP contribution in [-0.2, 0) is 20.1 Å². The summed E-state index contributed by atoms with van der Waals surface area (Å²) in [5, 5.41) is 8.59. The maximum atomic E-state index is 13.3. The summed E-state index contributed by atoms with van der Waals surface area (Å²) in [6.07, 6.45) is 4.90. The van der Waals surface area contributed by atoms with Gasteiger partial charge in [0.25, 0.3) is 5.91 Å². The summed E-state index contributed by atoms with van der Waals surface area (Å²) >= 11 is 0. The molecule has 1 saturated heterocycles. The normalized spacial score (nSPS) is 19.4. The molecule has 0 radical (unpaired) electrons. The van der Waals surface area contributed by atoms with Gasteiger partial charge in [-0.25, -0.2) is 4.98 Å². The molecular weight excluding hydrogens is 398 g/mol. The number of piperidine rings is 1. The lowest BCUT2D eigenvalue weighted by atomic mass is 9.99. The fourth-order valence-corrected chi connectivity index (χ4v) is 5.06. The van der Waals surface area contributed by atoms with E-state index in [4.69, 9.17) is 4.98 Å². The highest BCUT2D eigenvalue weighted by molar-refractivity contribution is 6.06. The lowest BCUT2D eigenvalue weighted by Gasteiger charge is -2.31. The molecule has 168 valence electrons. The fraction of sp³-hybridized carbons (Fsp3) is 0.500. The molecule has 2 aromatic heterocycles. The Morgan fingerprint density at radius 3 is 2.72 bits per heavy atom. The predicted molar refractivity (Wildman–Crippen MR) is 127 cm³/mol. The molecule has 0 spiro atoms. The molecule has 1 atom stereocenters. The lowest BCUT2D eigenvalue weighted by Crippen LogP contribution is -2.34. The molecule has 1 aromatic carbocycles. The number of aromatic nitrogens is 3. The third kappa shape index (κ3) is 4.29. The van der Waals surface area contributed by atoms with Crippen molar-refractivity contribution in [3.05, 3.63) is 58.4 Å². The Balaban J connectivity index is 1.36. The first kappa shape index (κ1) is 21.1. The first-order valence-electron chi connectivity index (χ1n) is 11.9. The van der Waals surface area contributed by atoms with Crippen molar-refractivity contribution in [3.63, 3.8) is 0 Å². The van der Waals surface area contributed by atoms with Gasteiger partial charge in [-0.2, -0.15) is 5.10 Å². The van der Waals surface area contributed by atoms with Gasteiger partial charge in [-0.3, -0.25) is 14.4 Å². The molecule has 32 heavy (non-hydrogen) atoms. The van der Waals surface area contributed by atoms with E-state index in [1.807, 2.05) is 20.0 Å². The number of carbonyl (C=O) groups excluding carboxylic acids is 1. The Hall–Kier alpha value is -2.73. The van der Waals surface area contributed by atoms with E-state index in [-0.39, 0.29) is 5.91 Å². The second-order valence-corrected chi connectivity index (χ2v) is 9.71. The largest absolute Gasteiger partial charge is 0.348 e. The van der Waals surface area contributed by atoms with Gasteiger partial charge in [0.15, 0.2) is 5.65 Å². The van der Waals surface area contributed by atoms with Crippen LogP contribution in [0.3, 0.4) is 0 Å². The van der Waals surface area contributed by atoms with E-state index in [0.29, 0.717) is 18.0 Å². The van der Waals surface area contributed by atoms with Gasteiger partial charge in [0.05, 0.1) is 16.6 Å². The highest BCUT2D eigenvalue weighted by atomic mass is 16.1. The van der Waals surface area contributed by atoms with Crippen LogP contribution in [0.25, 0.3) is 11.0 Å². The lowest BCUT2D eigenvalue weighted by molar-refractivity contribution is 0.0952. The number of pyridine rings is 1. The van der Waals surface area contributed by atoms with E-state index < -0.39 is 0 Å². The first-order valence-corrected chi connectivity index (χ1v) is 11.9. The third-order valence-electron chi connectivity index (χ3n) is 6.92. The number of hydrogen-bond acceptors (Lipinski definition) is 4. The van der Waals surface area contributed by atoms with Gasteiger partial charge in [-0.1, -0.05) is 31.2 Å². The van der Waals surface area contributed by atoms with Crippen molar-refractivity contribution >= 4 is 16.9 Å². The number of rotatable bonds is 6. The van der Waals surface area contributed by atoms with E-state index in [0.717, 1.165) is 60.8 Å². The van der Waals surface area contributed by atoms with Crippen LogP contribution in [0, 0.1) is 12.8 Å². The molecule has 6 nitrogen and oxygen atoms in total. The molecule has 3 heterocycles. The van der Waals surface area contributed by atoms with Crippen molar-refractivity contribution in [2.24, 2.45) is 13.0 Å². The van der Waals surface area contributed by atoms with E-state index in [1.54, 1.807) is 4.68 Å². The summed E-state index contributed by atoms with van der Waals surface area (Å²) in [6.45, 7) is 8.07. The number of hydrogen-bond donors (Lipinski definition) is 1. The second kappa shape index (κ2) is 8.66. The molecule has 1 N–H and O–H groups in total. The van der Waals surface area contributed by atoms with Crippen LogP contribution in [-0.4, -0.2) is 38.7 Å². The maximum absolute atomic E-state index is 13.3. The Morgan fingerprint density at radius 1 is 1.19 bits per heavy atom. The molecule has 1 saturated carbocycles. The average molecular weight is 432 g/mol. The number of likely N-dealkylation sites (tertiary alicyclic amines) is 1. The van der Waals surface area contributed by atoms with Gasteiger partial charge in [0.2, 0.25) is 0 Å². The van der Waals surface area contributed by atoms with E-state index in [1.165, 1.54) is 24.0 Å². The standard InChI is InChI=1S/C26H33N5O/c1-17-7-6-12-31(15-17)16-21-9-5-4-8-20(21)14-27-26(32)22-13-23(19-10-11-19)28-25-24(22)18(2)29-30(25)3/h4-5,8-9,13,17,19H,6-7,10-12,14-16H2,1-3H3,(H,27,32). The molecule has 2 fully saturated rings. The monoisotopic (exact) mass is 431 g/mol. The van der Waals surface area contributed by atoms with Gasteiger partial charge in [-0.05, 0) is 62.3 Å². The Kier molecular flexibility index (Phi) is 5.72. The SMILES string of the molecule is Cc1nn(C)c2nc(C3CC3)cc(C(=O)NCc3ccccc3CN3CCCC(C)C3)c12. The van der Waals surface area contributed by atoms with Gasteiger partial charge in [-0.15, -0.1) is 0 Å². The van der Waals surface area contributed by atoms with Crippen molar-refractivity contribution in [1.29, 1.82) is 0 Å². The van der Waals surface area contributed by atoms with Crippen LogP contribution >= 0.6 is 0 Å². The zero-order valence-corrected chi connectivity index (χ0v) is 19.4. The molecule has 0 bridgehead atoms. The van der Waals surface area contributed by atoms with Crippen molar-refractivity contribution in [2.45, 2.75) is 58.5 Å². The number of nitrogens with one attached hydrogen (secondary N) is 1. The Morgan fingerprint density at radius 2 is 1.97 bits per heavy atom. The average Bonchev–Trinajstić information content (AvgIpc) is 3.59. The molecule has 5 rings (SSSR count). The molecule has 1 amide bonds. The fourth-order valence-electron chi connectivity index (χ4n) is 5.06. The van der Waals surface area contributed by atoms with Crippen LogP contribution in [0.2, 0.25) is 0 Å². The number of benzene rings is 1. The number of amides is 1. The first-order chi connectivity index (χ1) is 15.5. The van der Waals surface area contributed by atoms with Gasteiger partial charge in [0.1, 0.15) is 0 Å². The van der Waals surface area contributed by atoms with E-state index in [2.05, 4.69) is 46.5 Å². The molecule has 3 aromatic rings. The van der Waals surface area contributed by atoms with Crippen LogP contribution in [0.15, 0.2) is 30.3 Å². The molecule has 6 heteroatoms. The number of aryl methyl sites for hydroxylation is 2. The Bertz CT molecular complexity index is 1150. The van der Waals surface area contributed by atoms with E-state index >= 15 is 0 Å². The maximum Gasteiger partial charge on any atom is 0.252 e. The minimum atomic E-state index is -0.0446. The summed E-state index contributed by atoms with van der Waals surface area (Å²) in [6, 6.07) is 10.5. The zero-order chi connectivity index (χ0) is 22.2. The van der Waals surface area contributed by atoms with Crippen molar-refractivity contribution in [3.8, 4) is 0 Å². The summed E-state index contributed by atoms with van der Waals surface area (Å²) in [5.74, 6) is 1.19. The summed E-state index contributed by atoms with van der Waals surface area (Å²) in [4.78, 5) is 20.7. The minimum absolute atomic E-state index is 0.0446. The number of nitrogens with zero attached hydrogens (tertiary/aromatic N) is 4. The molecule has 1 aliphatic heterocycles. The predicted octanol–water partition coefficient (Wildman–Crippen LogP) is 4.32. The second-order valence-electron chi connectivity index (χ2n) is 9.71. The van der Waals surface area contributed by atoms with Crippen molar-refractivity contribution < 1.29 is 4.79 Å². The van der Waals surface area contributed by atoms with Crippen LogP contribution in [0.5, 0.6) is 0 Å². The van der Waals surface area contributed by atoms with Crippen LogP contribution < -0.4 is 5.32 Å². The number of carbonyl (C=O) groups is 1. The number of fused-ring (bicyclic) bond motifs is 1. The Labute approximate surface area is 190 Å². The van der Waals surface area contributed by atoms with E-state index in [9.17, 15) is 4.79 Å². The van der Waals surface area contributed by atoms with Gasteiger partial charge in [0, 0.05) is 38.3 Å². The highest BCUT2D eigenvalue weighted by Gasteiger charge is 2.28. The van der Waals surface area contributed by atoms with Crippen molar-refractivity contribution in [1.82, 2.24) is 25.0 Å². The smallest absolute Gasteiger partial charge is 0.252 e. The zero-order valence-electron chi connectivity index (χ0n) is 19.4. The van der Waals surface area contributed by atoms with Crippen molar-refractivity contribution in [2.75, 3.05) is 13.1 Å². The molecule has 2 aliphatic rings. The minimum Gasteiger partial charge on any atom is -0.348 e.